The maximum Gasteiger partial charge on any atom is 0.230 e. The van der Waals surface area contributed by atoms with Crippen LogP contribution in [-0.2, 0) is 11.3 Å². The number of aromatic nitrogens is 3. The van der Waals surface area contributed by atoms with Crippen molar-refractivity contribution in [3.8, 4) is 11.4 Å². The molecule has 1 unspecified atom stereocenters. The Bertz CT molecular complexity index is 930. The summed E-state index contributed by atoms with van der Waals surface area (Å²) in [6, 6.07) is 15.1. The van der Waals surface area contributed by atoms with Gasteiger partial charge in [0.15, 0.2) is 11.0 Å². The summed E-state index contributed by atoms with van der Waals surface area (Å²) in [5, 5.41) is 9.75. The number of carbonyl (C=O) groups excluding carboxylic acids is 1. The van der Waals surface area contributed by atoms with Gasteiger partial charge in [0.2, 0.25) is 5.91 Å². The smallest absolute Gasteiger partial charge is 0.230 e. The van der Waals surface area contributed by atoms with E-state index in [9.17, 15) is 4.79 Å². The predicted octanol–water partition coefficient (Wildman–Crippen LogP) is 4.27. The Morgan fingerprint density at radius 2 is 1.92 bits per heavy atom. The molecule has 0 spiro atoms. The second kappa shape index (κ2) is 8.12. The van der Waals surface area contributed by atoms with Gasteiger partial charge < -0.3 is 5.73 Å². The van der Waals surface area contributed by atoms with E-state index in [4.69, 9.17) is 28.9 Å². The van der Waals surface area contributed by atoms with E-state index >= 15 is 0 Å². The Kier molecular flexibility index (Phi) is 5.86. The molecule has 1 heterocycles. The van der Waals surface area contributed by atoms with Crippen molar-refractivity contribution < 1.29 is 4.79 Å². The lowest BCUT2D eigenvalue weighted by molar-refractivity contribution is -0.117. The zero-order valence-corrected chi connectivity index (χ0v) is 16.2. The van der Waals surface area contributed by atoms with Crippen LogP contribution in [-0.4, -0.2) is 25.9 Å². The highest BCUT2D eigenvalue weighted by Crippen LogP contribution is 2.32. The van der Waals surface area contributed by atoms with Crippen molar-refractivity contribution in [2.24, 2.45) is 5.73 Å². The average Bonchev–Trinajstić information content (AvgIpc) is 2.98. The van der Waals surface area contributed by atoms with Crippen LogP contribution in [0.15, 0.2) is 53.7 Å². The van der Waals surface area contributed by atoms with Crippen LogP contribution in [0.3, 0.4) is 0 Å². The van der Waals surface area contributed by atoms with Crippen LogP contribution in [0.2, 0.25) is 10.0 Å². The van der Waals surface area contributed by atoms with Gasteiger partial charge in [-0.15, -0.1) is 10.2 Å². The van der Waals surface area contributed by atoms with Gasteiger partial charge in [-0.2, -0.15) is 0 Å². The van der Waals surface area contributed by atoms with Crippen molar-refractivity contribution in [2.45, 2.75) is 23.9 Å². The lowest BCUT2D eigenvalue weighted by atomic mass is 10.2. The van der Waals surface area contributed by atoms with Crippen molar-refractivity contribution in [2.75, 3.05) is 0 Å². The molecular weight excluding hydrogens is 391 g/mol. The first kappa shape index (κ1) is 18.8. The summed E-state index contributed by atoms with van der Waals surface area (Å²) in [6.07, 6.45) is 0. The van der Waals surface area contributed by atoms with Gasteiger partial charge in [0.05, 0.1) is 16.8 Å². The molecule has 134 valence electrons. The predicted molar refractivity (Wildman–Crippen MR) is 106 cm³/mol. The number of carbonyl (C=O) groups is 1. The number of halogens is 2. The number of nitrogens with two attached hydrogens (primary N) is 1. The zero-order chi connectivity index (χ0) is 18.7. The summed E-state index contributed by atoms with van der Waals surface area (Å²) < 4.78 is 1.93. The molecule has 0 radical (unpaired) electrons. The molecule has 0 saturated heterocycles. The van der Waals surface area contributed by atoms with Gasteiger partial charge in [0, 0.05) is 10.6 Å². The number of thioether (sulfide) groups is 1. The summed E-state index contributed by atoms with van der Waals surface area (Å²) in [5.74, 6) is 0.199. The Balaban J connectivity index is 2.06. The maximum absolute atomic E-state index is 11.4. The van der Waals surface area contributed by atoms with E-state index < -0.39 is 11.2 Å². The van der Waals surface area contributed by atoms with E-state index in [-0.39, 0.29) is 0 Å². The van der Waals surface area contributed by atoms with Crippen molar-refractivity contribution in [1.82, 2.24) is 14.8 Å². The molecule has 0 aliphatic carbocycles. The molecule has 8 heteroatoms. The van der Waals surface area contributed by atoms with Crippen molar-refractivity contribution in [1.29, 1.82) is 0 Å². The molecule has 0 bridgehead atoms. The monoisotopic (exact) mass is 406 g/mol. The van der Waals surface area contributed by atoms with Gasteiger partial charge in [0.25, 0.3) is 0 Å². The fourth-order valence-corrected chi connectivity index (χ4v) is 3.66. The summed E-state index contributed by atoms with van der Waals surface area (Å²) in [5.41, 5.74) is 7.19. The zero-order valence-electron chi connectivity index (χ0n) is 13.9. The van der Waals surface area contributed by atoms with Gasteiger partial charge in [0.1, 0.15) is 0 Å². The number of benzene rings is 2. The molecule has 0 aliphatic rings. The number of amides is 1. The third-order valence-electron chi connectivity index (χ3n) is 3.76. The van der Waals surface area contributed by atoms with Gasteiger partial charge in [-0.05, 0) is 30.7 Å². The largest absolute Gasteiger partial charge is 0.369 e. The molecule has 3 rings (SSSR count). The lowest BCUT2D eigenvalue weighted by Crippen LogP contribution is -2.23. The van der Waals surface area contributed by atoms with E-state index in [1.54, 1.807) is 19.1 Å². The second-order valence-electron chi connectivity index (χ2n) is 5.66. The first-order valence-corrected chi connectivity index (χ1v) is 9.48. The van der Waals surface area contributed by atoms with Gasteiger partial charge in [-0.1, -0.05) is 65.3 Å². The summed E-state index contributed by atoms with van der Waals surface area (Å²) in [7, 11) is 0. The quantitative estimate of drug-likeness (QED) is 0.620. The van der Waals surface area contributed by atoms with Crippen LogP contribution in [0.5, 0.6) is 0 Å². The van der Waals surface area contributed by atoms with Crippen molar-refractivity contribution in [3.05, 3.63) is 64.1 Å². The number of rotatable bonds is 6. The Morgan fingerprint density at radius 3 is 2.58 bits per heavy atom. The fourth-order valence-electron chi connectivity index (χ4n) is 2.37. The number of hydrogen-bond donors (Lipinski definition) is 1. The maximum atomic E-state index is 11.4. The van der Waals surface area contributed by atoms with Crippen LogP contribution in [0.25, 0.3) is 11.4 Å². The minimum atomic E-state index is -0.428. The number of nitrogens with zero attached hydrogens (tertiary/aromatic N) is 3. The minimum Gasteiger partial charge on any atom is -0.369 e. The van der Waals surface area contributed by atoms with E-state index in [0.29, 0.717) is 27.6 Å². The molecule has 1 aromatic heterocycles. The third kappa shape index (κ3) is 4.20. The summed E-state index contributed by atoms with van der Waals surface area (Å²) in [6.45, 7) is 2.28. The molecular formula is C18H16Cl2N4OS. The highest BCUT2D eigenvalue weighted by molar-refractivity contribution is 8.00. The standard InChI is InChI=1S/C18H16Cl2N4OS/c1-11(16(21)25)26-18-23-22-17(14-8-7-13(19)9-15(14)20)24(18)10-12-5-3-2-4-6-12/h2-9,11H,10H2,1H3,(H2,21,25). The molecule has 1 amide bonds. The van der Waals surface area contributed by atoms with Crippen molar-refractivity contribution >= 4 is 40.9 Å². The molecule has 0 fully saturated rings. The Morgan fingerprint density at radius 1 is 1.19 bits per heavy atom. The lowest BCUT2D eigenvalue weighted by Gasteiger charge is -2.13. The van der Waals surface area contributed by atoms with Crippen LogP contribution >= 0.6 is 35.0 Å². The van der Waals surface area contributed by atoms with Crippen LogP contribution in [0.4, 0.5) is 0 Å². The summed E-state index contributed by atoms with van der Waals surface area (Å²) >= 11 is 13.6. The molecule has 26 heavy (non-hydrogen) atoms. The first-order valence-electron chi connectivity index (χ1n) is 7.84. The number of hydrogen-bond acceptors (Lipinski definition) is 4. The van der Waals surface area contributed by atoms with Crippen LogP contribution in [0, 0.1) is 0 Å². The Hall–Kier alpha value is -2.02. The first-order chi connectivity index (χ1) is 12.5. The molecule has 5 nitrogen and oxygen atoms in total. The highest BCUT2D eigenvalue weighted by atomic mass is 35.5. The van der Waals surface area contributed by atoms with Gasteiger partial charge >= 0.3 is 0 Å². The molecule has 1 atom stereocenters. The normalized spacial score (nSPS) is 12.1. The van der Waals surface area contributed by atoms with E-state index in [0.717, 1.165) is 11.1 Å². The number of primary amides is 1. The van der Waals surface area contributed by atoms with Gasteiger partial charge in [-0.25, -0.2) is 0 Å². The van der Waals surface area contributed by atoms with Crippen LogP contribution < -0.4 is 5.73 Å². The van der Waals surface area contributed by atoms with Crippen LogP contribution in [0.1, 0.15) is 12.5 Å². The highest BCUT2D eigenvalue weighted by Gasteiger charge is 2.20. The Labute approximate surface area is 165 Å². The molecule has 2 N–H and O–H groups in total. The second-order valence-corrected chi connectivity index (χ2v) is 7.82. The van der Waals surface area contributed by atoms with E-state index in [2.05, 4.69) is 10.2 Å². The van der Waals surface area contributed by atoms with E-state index in [1.165, 1.54) is 11.8 Å². The average molecular weight is 407 g/mol. The van der Waals surface area contributed by atoms with Gasteiger partial charge in [-0.3, -0.25) is 9.36 Å². The SMILES string of the molecule is CC(Sc1nnc(-c2ccc(Cl)cc2Cl)n1Cc1ccccc1)C(N)=O. The fraction of sp³-hybridized carbons (Fsp3) is 0.167. The van der Waals surface area contributed by atoms with Crippen molar-refractivity contribution in [3.63, 3.8) is 0 Å². The minimum absolute atomic E-state index is 0.407. The molecule has 0 aliphatic heterocycles. The summed E-state index contributed by atoms with van der Waals surface area (Å²) in [4.78, 5) is 11.4. The van der Waals surface area contributed by atoms with E-state index in [1.807, 2.05) is 41.0 Å². The molecule has 0 saturated carbocycles. The third-order valence-corrected chi connectivity index (χ3v) is 5.40. The topological polar surface area (TPSA) is 73.8 Å². The molecule has 3 aromatic rings. The molecule has 2 aromatic carbocycles.